The predicted octanol–water partition coefficient (Wildman–Crippen LogP) is 4.75. The second-order valence-electron chi connectivity index (χ2n) is 7.91. The number of anilines is 1. The smallest absolute Gasteiger partial charge is 0.186 e. The number of morpholine rings is 1. The van der Waals surface area contributed by atoms with Crippen LogP contribution >= 0.6 is 11.3 Å². The van der Waals surface area contributed by atoms with E-state index in [9.17, 15) is 8.78 Å². The zero-order valence-corrected chi connectivity index (χ0v) is 15.5. The summed E-state index contributed by atoms with van der Waals surface area (Å²) in [4.78, 5) is 7.01. The summed E-state index contributed by atoms with van der Waals surface area (Å²) >= 11 is 1.56. The predicted molar refractivity (Wildman–Crippen MR) is 96.3 cm³/mol. The molecule has 0 amide bonds. The largest absolute Gasteiger partial charge is 0.371 e. The Hall–Kier alpha value is -1.53. The van der Waals surface area contributed by atoms with Crippen molar-refractivity contribution in [3.8, 4) is 11.3 Å². The van der Waals surface area contributed by atoms with Crippen molar-refractivity contribution in [1.29, 1.82) is 0 Å². The first-order valence-electron chi connectivity index (χ1n) is 8.67. The van der Waals surface area contributed by atoms with Crippen molar-refractivity contribution in [2.45, 2.75) is 51.2 Å². The highest BCUT2D eigenvalue weighted by molar-refractivity contribution is 7.14. The molecule has 2 fully saturated rings. The molecule has 2 bridgehead atoms. The van der Waals surface area contributed by atoms with E-state index in [4.69, 9.17) is 9.72 Å². The summed E-state index contributed by atoms with van der Waals surface area (Å²) in [5, 5.41) is 2.87. The van der Waals surface area contributed by atoms with Crippen LogP contribution in [0.15, 0.2) is 17.5 Å². The van der Waals surface area contributed by atoms with Gasteiger partial charge in [-0.1, -0.05) is 20.8 Å². The molecule has 2 aromatic rings. The number of nitrogens with zero attached hydrogens (tertiary/aromatic N) is 2. The fraction of sp³-hybridized carbons (Fsp3) is 0.526. The van der Waals surface area contributed by atoms with E-state index in [2.05, 4.69) is 4.90 Å². The molecule has 2 saturated heterocycles. The fourth-order valence-corrected chi connectivity index (χ4v) is 4.65. The van der Waals surface area contributed by atoms with E-state index < -0.39 is 17.0 Å². The monoisotopic (exact) mass is 364 g/mol. The second kappa shape index (κ2) is 6.02. The molecular formula is C19H22F2N2OS. The normalized spacial score (nSPS) is 23.3. The minimum Gasteiger partial charge on any atom is -0.371 e. The summed E-state index contributed by atoms with van der Waals surface area (Å²) in [6.07, 6.45) is 2.80. The number of ether oxygens (including phenoxy) is 1. The van der Waals surface area contributed by atoms with Crippen molar-refractivity contribution in [1.82, 2.24) is 4.98 Å². The average molecular weight is 364 g/mol. The van der Waals surface area contributed by atoms with Gasteiger partial charge >= 0.3 is 0 Å². The number of thiazole rings is 1. The summed E-state index contributed by atoms with van der Waals surface area (Å²) in [5.74, 6) is -1.59. The van der Waals surface area contributed by atoms with Gasteiger partial charge in [0.2, 0.25) is 0 Å². The SMILES string of the molecule is CC(C)(C)c1c(-c2csc(N3CC4CC[C@@H](C3)O4)n2)ccc(F)c1F. The first-order valence-corrected chi connectivity index (χ1v) is 9.55. The van der Waals surface area contributed by atoms with Gasteiger partial charge in [0.05, 0.1) is 17.9 Å². The Labute approximate surface area is 150 Å². The van der Waals surface area contributed by atoms with Crippen molar-refractivity contribution in [3.63, 3.8) is 0 Å². The van der Waals surface area contributed by atoms with Crippen LogP contribution in [0, 0.1) is 11.6 Å². The van der Waals surface area contributed by atoms with Gasteiger partial charge in [0.25, 0.3) is 0 Å². The quantitative estimate of drug-likeness (QED) is 0.769. The summed E-state index contributed by atoms with van der Waals surface area (Å²) in [6.45, 7) is 7.38. The van der Waals surface area contributed by atoms with E-state index in [1.54, 1.807) is 17.4 Å². The number of rotatable bonds is 2. The third-order valence-electron chi connectivity index (χ3n) is 4.93. The van der Waals surface area contributed by atoms with Gasteiger partial charge in [-0.3, -0.25) is 0 Å². The fourth-order valence-electron chi connectivity index (χ4n) is 3.80. The minimum atomic E-state index is -0.811. The Kier molecular flexibility index (Phi) is 4.07. The molecule has 4 rings (SSSR count). The lowest BCUT2D eigenvalue weighted by Crippen LogP contribution is -2.42. The van der Waals surface area contributed by atoms with Gasteiger partial charge in [-0.05, 0) is 30.4 Å². The van der Waals surface area contributed by atoms with E-state index in [1.807, 2.05) is 26.2 Å². The first kappa shape index (κ1) is 16.9. The lowest BCUT2D eigenvalue weighted by Gasteiger charge is -2.31. The van der Waals surface area contributed by atoms with Crippen molar-refractivity contribution >= 4 is 16.5 Å². The molecule has 1 aromatic carbocycles. The highest BCUT2D eigenvalue weighted by atomic mass is 32.1. The van der Waals surface area contributed by atoms with Crippen LogP contribution in [0.4, 0.5) is 13.9 Å². The molecule has 6 heteroatoms. The number of benzene rings is 1. The maximum Gasteiger partial charge on any atom is 0.186 e. The summed E-state index contributed by atoms with van der Waals surface area (Å²) in [7, 11) is 0. The van der Waals surface area contributed by atoms with Gasteiger partial charge in [0, 0.05) is 29.6 Å². The number of hydrogen-bond acceptors (Lipinski definition) is 4. The van der Waals surface area contributed by atoms with Gasteiger partial charge in [-0.15, -0.1) is 11.3 Å². The van der Waals surface area contributed by atoms with Crippen LogP contribution in [0.5, 0.6) is 0 Å². The molecule has 2 aliphatic heterocycles. The minimum absolute atomic E-state index is 0.291. The van der Waals surface area contributed by atoms with Crippen LogP contribution in [-0.4, -0.2) is 30.3 Å². The molecule has 0 N–H and O–H groups in total. The molecule has 3 nitrogen and oxygen atoms in total. The van der Waals surface area contributed by atoms with Gasteiger partial charge in [-0.2, -0.15) is 0 Å². The topological polar surface area (TPSA) is 25.4 Å². The molecule has 134 valence electrons. The Morgan fingerprint density at radius 2 is 1.84 bits per heavy atom. The van der Waals surface area contributed by atoms with Crippen molar-refractivity contribution in [3.05, 3.63) is 34.7 Å². The molecule has 2 aliphatic rings. The van der Waals surface area contributed by atoms with Crippen LogP contribution < -0.4 is 4.90 Å². The maximum atomic E-state index is 14.5. The molecule has 2 atom stereocenters. The van der Waals surface area contributed by atoms with E-state index in [0.717, 1.165) is 31.1 Å². The molecular weight excluding hydrogens is 342 g/mol. The molecule has 0 aliphatic carbocycles. The Bertz CT molecular complexity index is 787. The molecule has 1 unspecified atom stereocenters. The Morgan fingerprint density at radius 3 is 2.48 bits per heavy atom. The van der Waals surface area contributed by atoms with E-state index in [1.165, 1.54) is 6.07 Å². The molecule has 0 radical (unpaired) electrons. The van der Waals surface area contributed by atoms with Crippen LogP contribution in [0.3, 0.4) is 0 Å². The van der Waals surface area contributed by atoms with E-state index >= 15 is 0 Å². The molecule has 3 heterocycles. The van der Waals surface area contributed by atoms with Gasteiger partial charge in [0.1, 0.15) is 0 Å². The maximum absolute atomic E-state index is 14.5. The van der Waals surface area contributed by atoms with Gasteiger partial charge < -0.3 is 9.64 Å². The van der Waals surface area contributed by atoms with Gasteiger partial charge in [0.15, 0.2) is 16.8 Å². The summed E-state index contributed by atoms with van der Waals surface area (Å²) in [5.41, 5.74) is 1.25. The third-order valence-corrected chi connectivity index (χ3v) is 5.83. The summed E-state index contributed by atoms with van der Waals surface area (Å²) in [6, 6.07) is 2.83. The standard InChI is InChI=1S/C19H22F2N2OS/c1-19(2,3)16-13(6-7-14(20)17(16)21)15-10-25-18(22-15)23-8-11-4-5-12(9-23)24-11/h6-7,10-12H,4-5,8-9H2,1-3H3/t11-,12?/m0/s1. The summed E-state index contributed by atoms with van der Waals surface area (Å²) < 4.78 is 34.1. The Morgan fingerprint density at radius 1 is 1.16 bits per heavy atom. The highest BCUT2D eigenvalue weighted by Crippen LogP contribution is 2.38. The van der Waals surface area contributed by atoms with Gasteiger partial charge in [-0.25, -0.2) is 13.8 Å². The average Bonchev–Trinajstić information content (AvgIpc) is 3.15. The number of halogens is 2. The zero-order chi connectivity index (χ0) is 17.8. The zero-order valence-electron chi connectivity index (χ0n) is 14.7. The Balaban J connectivity index is 1.70. The number of aromatic nitrogens is 1. The van der Waals surface area contributed by atoms with Crippen molar-refractivity contribution in [2.24, 2.45) is 0 Å². The molecule has 1 aromatic heterocycles. The number of fused-ring (bicyclic) bond motifs is 2. The van der Waals surface area contributed by atoms with Crippen LogP contribution in [0.1, 0.15) is 39.2 Å². The second-order valence-corrected chi connectivity index (χ2v) is 8.75. The first-order chi connectivity index (χ1) is 11.8. The van der Waals surface area contributed by atoms with Crippen LogP contribution in [0.2, 0.25) is 0 Å². The van der Waals surface area contributed by atoms with E-state index in [0.29, 0.717) is 29.0 Å². The molecule has 0 spiro atoms. The van der Waals surface area contributed by atoms with Crippen LogP contribution in [0.25, 0.3) is 11.3 Å². The van der Waals surface area contributed by atoms with E-state index in [-0.39, 0.29) is 0 Å². The third kappa shape index (κ3) is 3.06. The van der Waals surface area contributed by atoms with Crippen molar-refractivity contribution in [2.75, 3.05) is 18.0 Å². The molecule has 0 saturated carbocycles. The van der Waals surface area contributed by atoms with Crippen molar-refractivity contribution < 1.29 is 13.5 Å². The molecule has 25 heavy (non-hydrogen) atoms. The number of hydrogen-bond donors (Lipinski definition) is 0. The lowest BCUT2D eigenvalue weighted by molar-refractivity contribution is 0.0305. The van der Waals surface area contributed by atoms with Crippen LogP contribution in [-0.2, 0) is 10.2 Å². The highest BCUT2D eigenvalue weighted by Gasteiger charge is 2.35. The lowest BCUT2D eigenvalue weighted by atomic mass is 9.82.